The highest BCUT2D eigenvalue weighted by Gasteiger charge is 2.20. The van der Waals surface area contributed by atoms with E-state index in [2.05, 4.69) is 19.1 Å². The third kappa shape index (κ3) is 0.801. The molecule has 1 saturated heterocycles. The van der Waals surface area contributed by atoms with Crippen molar-refractivity contribution in [1.82, 2.24) is 0 Å². The molecule has 1 aliphatic carbocycles. The van der Waals surface area contributed by atoms with E-state index in [1.54, 1.807) is 0 Å². The van der Waals surface area contributed by atoms with Crippen molar-refractivity contribution in [2.24, 2.45) is 5.92 Å². The van der Waals surface area contributed by atoms with Gasteiger partial charge in [-0.3, -0.25) is 0 Å². The predicted octanol–water partition coefficient (Wildman–Crippen LogP) is 1.80. The maximum Gasteiger partial charge on any atom is 0.231 e. The van der Waals surface area contributed by atoms with Crippen LogP contribution in [0.4, 0.5) is 0 Å². The van der Waals surface area contributed by atoms with Crippen LogP contribution in [-0.2, 0) is 9.47 Å². The maximum absolute atomic E-state index is 5.20. The molecule has 2 rings (SSSR count). The Morgan fingerprint density at radius 2 is 2.20 bits per heavy atom. The first-order chi connectivity index (χ1) is 4.86. The van der Waals surface area contributed by atoms with Gasteiger partial charge in [-0.25, -0.2) is 0 Å². The van der Waals surface area contributed by atoms with Crippen molar-refractivity contribution in [3.05, 3.63) is 23.7 Å². The molecular weight excluding hydrogens is 128 g/mol. The van der Waals surface area contributed by atoms with Crippen molar-refractivity contribution in [3.8, 4) is 0 Å². The first-order valence-electron chi connectivity index (χ1n) is 3.54. The van der Waals surface area contributed by atoms with Crippen molar-refractivity contribution >= 4 is 0 Å². The molecule has 0 saturated carbocycles. The van der Waals surface area contributed by atoms with E-state index in [0.29, 0.717) is 12.7 Å². The van der Waals surface area contributed by atoms with Gasteiger partial charge in [0.1, 0.15) is 0 Å². The van der Waals surface area contributed by atoms with Crippen LogP contribution < -0.4 is 0 Å². The van der Waals surface area contributed by atoms with Crippen LogP contribution in [0, 0.1) is 5.92 Å². The minimum absolute atomic E-state index is 0.393. The summed E-state index contributed by atoms with van der Waals surface area (Å²) in [6.45, 7) is 2.56. The Hall–Kier alpha value is -0.920. The van der Waals surface area contributed by atoms with Crippen LogP contribution in [0.5, 0.6) is 0 Å². The molecule has 0 aromatic rings. The van der Waals surface area contributed by atoms with Crippen molar-refractivity contribution in [1.29, 1.82) is 0 Å². The van der Waals surface area contributed by atoms with E-state index in [0.717, 1.165) is 17.9 Å². The fraction of sp³-hybridized carbons (Fsp3) is 0.500. The molecule has 0 aromatic heterocycles. The molecule has 1 aliphatic heterocycles. The smallest absolute Gasteiger partial charge is 0.231 e. The fourth-order valence-corrected chi connectivity index (χ4v) is 1.21. The van der Waals surface area contributed by atoms with E-state index >= 15 is 0 Å². The lowest BCUT2D eigenvalue weighted by molar-refractivity contribution is 0.0977. The molecule has 0 amide bonds. The zero-order valence-corrected chi connectivity index (χ0v) is 5.96. The topological polar surface area (TPSA) is 18.5 Å². The van der Waals surface area contributed by atoms with Crippen molar-refractivity contribution in [2.75, 3.05) is 6.79 Å². The molecule has 0 N–H and O–H groups in total. The predicted molar refractivity (Wildman–Crippen MR) is 37.0 cm³/mol. The van der Waals surface area contributed by atoms with Gasteiger partial charge in [0.15, 0.2) is 11.5 Å². The van der Waals surface area contributed by atoms with Gasteiger partial charge in [-0.05, 0) is 24.5 Å². The molecule has 0 radical (unpaired) electrons. The van der Waals surface area contributed by atoms with Crippen molar-refractivity contribution < 1.29 is 9.47 Å². The molecule has 1 heterocycles. The second-order valence-corrected chi connectivity index (χ2v) is 2.72. The van der Waals surface area contributed by atoms with Crippen LogP contribution >= 0.6 is 0 Å². The maximum atomic E-state index is 5.20. The van der Waals surface area contributed by atoms with Crippen molar-refractivity contribution in [3.63, 3.8) is 0 Å². The molecule has 1 atom stereocenters. The quantitative estimate of drug-likeness (QED) is 0.508. The summed E-state index contributed by atoms with van der Waals surface area (Å²) in [7, 11) is 0. The number of rotatable bonds is 0. The summed E-state index contributed by atoms with van der Waals surface area (Å²) >= 11 is 0. The second-order valence-electron chi connectivity index (χ2n) is 2.72. The van der Waals surface area contributed by atoms with Gasteiger partial charge >= 0.3 is 0 Å². The summed E-state index contributed by atoms with van der Waals surface area (Å²) in [6, 6.07) is 0. The Labute approximate surface area is 60.1 Å². The number of ether oxygens (including phenoxy) is 2. The molecule has 2 heteroatoms. The number of hydrogen-bond acceptors (Lipinski definition) is 2. The lowest BCUT2D eigenvalue weighted by Crippen LogP contribution is -1.97. The lowest BCUT2D eigenvalue weighted by Gasteiger charge is -2.09. The fourth-order valence-electron chi connectivity index (χ4n) is 1.21. The summed E-state index contributed by atoms with van der Waals surface area (Å²) in [6.07, 6.45) is 5.28. The molecule has 0 bridgehead atoms. The van der Waals surface area contributed by atoms with E-state index in [1.807, 2.05) is 0 Å². The summed E-state index contributed by atoms with van der Waals surface area (Å²) < 4.78 is 10.4. The highest BCUT2D eigenvalue weighted by molar-refractivity contribution is 5.26. The third-order valence-corrected chi connectivity index (χ3v) is 1.78. The highest BCUT2D eigenvalue weighted by atomic mass is 16.7. The summed E-state index contributed by atoms with van der Waals surface area (Å²) in [5.41, 5.74) is 0. The molecule has 54 valence electrons. The summed E-state index contributed by atoms with van der Waals surface area (Å²) in [5.74, 6) is 2.46. The number of fused-ring (bicyclic) bond motifs is 1. The summed E-state index contributed by atoms with van der Waals surface area (Å²) in [5, 5.41) is 0. The summed E-state index contributed by atoms with van der Waals surface area (Å²) in [4.78, 5) is 0. The number of hydrogen-bond donors (Lipinski definition) is 0. The van der Waals surface area contributed by atoms with Crippen LogP contribution in [0.25, 0.3) is 0 Å². The molecule has 0 spiro atoms. The molecule has 0 unspecified atom stereocenters. The van der Waals surface area contributed by atoms with Crippen LogP contribution in [0.2, 0.25) is 0 Å². The van der Waals surface area contributed by atoms with E-state index in [9.17, 15) is 0 Å². The minimum atomic E-state index is 0.393. The second kappa shape index (κ2) is 2.04. The van der Waals surface area contributed by atoms with E-state index in [4.69, 9.17) is 9.47 Å². The van der Waals surface area contributed by atoms with Crippen molar-refractivity contribution in [2.45, 2.75) is 13.3 Å². The monoisotopic (exact) mass is 138 g/mol. The normalized spacial score (nSPS) is 29.5. The lowest BCUT2D eigenvalue weighted by atomic mass is 10.0. The highest BCUT2D eigenvalue weighted by Crippen LogP contribution is 2.28. The Bertz CT molecular complexity index is 203. The molecule has 1 fully saturated rings. The van der Waals surface area contributed by atoms with Gasteiger partial charge in [0, 0.05) is 0 Å². The third-order valence-electron chi connectivity index (χ3n) is 1.78. The number of allylic oxidation sites excluding steroid dienone is 2. The zero-order valence-electron chi connectivity index (χ0n) is 5.96. The van der Waals surface area contributed by atoms with Crippen LogP contribution in [-0.4, -0.2) is 6.79 Å². The van der Waals surface area contributed by atoms with Crippen LogP contribution in [0.1, 0.15) is 13.3 Å². The van der Waals surface area contributed by atoms with E-state index in [1.165, 1.54) is 0 Å². The molecule has 2 nitrogen and oxygen atoms in total. The van der Waals surface area contributed by atoms with Gasteiger partial charge < -0.3 is 9.47 Å². The first-order valence-corrected chi connectivity index (χ1v) is 3.54. The Balaban J connectivity index is 2.27. The van der Waals surface area contributed by atoms with E-state index < -0.39 is 0 Å². The average Bonchev–Trinajstić information content (AvgIpc) is 2.33. The van der Waals surface area contributed by atoms with Crippen LogP contribution in [0.15, 0.2) is 23.7 Å². The van der Waals surface area contributed by atoms with E-state index in [-0.39, 0.29) is 0 Å². The van der Waals surface area contributed by atoms with Gasteiger partial charge in [0.25, 0.3) is 0 Å². The average molecular weight is 138 g/mol. The Kier molecular flexibility index (Phi) is 1.19. The first kappa shape index (κ1) is 5.83. The van der Waals surface area contributed by atoms with Gasteiger partial charge in [-0.15, -0.1) is 0 Å². The SMILES string of the molecule is C[C@H]1C=C2OCOC2=CC1. The zero-order chi connectivity index (χ0) is 6.97. The minimum Gasteiger partial charge on any atom is -0.454 e. The molecule has 10 heavy (non-hydrogen) atoms. The van der Waals surface area contributed by atoms with Gasteiger partial charge in [0.05, 0.1) is 0 Å². The van der Waals surface area contributed by atoms with Gasteiger partial charge in [0.2, 0.25) is 6.79 Å². The largest absolute Gasteiger partial charge is 0.454 e. The molecular formula is C8H10O2. The Morgan fingerprint density at radius 1 is 1.40 bits per heavy atom. The van der Waals surface area contributed by atoms with Crippen LogP contribution in [0.3, 0.4) is 0 Å². The Morgan fingerprint density at radius 3 is 3.10 bits per heavy atom. The van der Waals surface area contributed by atoms with Gasteiger partial charge in [-0.1, -0.05) is 6.92 Å². The van der Waals surface area contributed by atoms with Gasteiger partial charge in [-0.2, -0.15) is 0 Å². The molecule has 0 aromatic carbocycles. The molecule has 2 aliphatic rings. The standard InChI is InChI=1S/C8H10O2/c1-6-2-3-7-8(4-6)10-5-9-7/h3-4,6H,2,5H2,1H3/t6-/m1/s1.